The smallest absolute Gasteiger partial charge is 0.329 e. The summed E-state index contributed by atoms with van der Waals surface area (Å²) in [5.41, 5.74) is -0.826. The molecule has 1 aromatic rings. The number of carbonyl (C=O) groups excluding carboxylic acids is 1. The lowest BCUT2D eigenvalue weighted by molar-refractivity contribution is -0.144. The minimum atomic E-state index is -1.21. The van der Waals surface area contributed by atoms with Crippen LogP contribution in [0.25, 0.3) is 0 Å². The first-order valence-corrected chi connectivity index (χ1v) is 7.02. The van der Waals surface area contributed by atoms with Gasteiger partial charge in [0.25, 0.3) is 5.91 Å². The third kappa shape index (κ3) is 2.92. The first-order valence-electron chi connectivity index (χ1n) is 5.85. The van der Waals surface area contributed by atoms with Gasteiger partial charge in [-0.05, 0) is 59.8 Å². The molecular weight excluding hydrogens is 334 g/mol. The molecule has 1 aromatic carbocycles. The molecule has 0 aliphatic heterocycles. The van der Waals surface area contributed by atoms with Gasteiger partial charge in [0.1, 0.15) is 5.54 Å². The van der Waals surface area contributed by atoms with Crippen LogP contribution in [0.2, 0.25) is 5.02 Å². The molecule has 0 saturated heterocycles. The zero-order valence-corrected chi connectivity index (χ0v) is 12.6. The number of carboxylic acid groups (broad SMARTS) is 1. The van der Waals surface area contributed by atoms with Crippen molar-refractivity contribution in [2.45, 2.75) is 25.3 Å². The number of amides is 1. The average molecular weight is 347 g/mol. The van der Waals surface area contributed by atoms with E-state index >= 15 is 0 Å². The van der Waals surface area contributed by atoms with Gasteiger partial charge in [0.2, 0.25) is 0 Å². The second-order valence-corrected chi connectivity index (χ2v) is 6.13. The van der Waals surface area contributed by atoms with Crippen molar-refractivity contribution in [1.29, 1.82) is 0 Å². The highest BCUT2D eigenvalue weighted by Gasteiger charge is 2.48. The van der Waals surface area contributed by atoms with Crippen LogP contribution in [-0.4, -0.2) is 22.5 Å². The SMILES string of the molecule is CC(NC(=O)c1ccc(Cl)c(Br)c1)(C(=O)O)C1CC1. The molecule has 2 N–H and O–H groups in total. The molecule has 0 aromatic heterocycles. The second kappa shape index (κ2) is 5.13. The summed E-state index contributed by atoms with van der Waals surface area (Å²) in [7, 11) is 0. The van der Waals surface area contributed by atoms with Crippen LogP contribution in [0.15, 0.2) is 22.7 Å². The molecule has 0 bridgehead atoms. The van der Waals surface area contributed by atoms with E-state index in [1.54, 1.807) is 25.1 Å². The molecule has 102 valence electrons. The highest BCUT2D eigenvalue weighted by molar-refractivity contribution is 9.10. The van der Waals surface area contributed by atoms with Crippen molar-refractivity contribution in [3.05, 3.63) is 33.3 Å². The molecule has 6 heteroatoms. The summed E-state index contributed by atoms with van der Waals surface area (Å²) < 4.78 is 0.602. The number of hydrogen-bond acceptors (Lipinski definition) is 2. The van der Waals surface area contributed by atoms with Gasteiger partial charge in [0.15, 0.2) is 0 Å². The Balaban J connectivity index is 2.20. The van der Waals surface area contributed by atoms with E-state index in [1.807, 2.05) is 0 Å². The lowest BCUT2D eigenvalue weighted by Crippen LogP contribution is -2.54. The fourth-order valence-electron chi connectivity index (χ4n) is 1.94. The molecule has 1 amide bonds. The number of hydrogen-bond donors (Lipinski definition) is 2. The Labute approximate surface area is 124 Å². The second-order valence-electron chi connectivity index (χ2n) is 4.86. The van der Waals surface area contributed by atoms with Crippen LogP contribution in [0.4, 0.5) is 0 Å². The predicted molar refractivity (Wildman–Crippen MR) is 75.4 cm³/mol. The standard InChI is InChI=1S/C13H13BrClNO3/c1-13(12(18)19,8-3-4-8)16-11(17)7-2-5-10(15)9(14)6-7/h2,5-6,8H,3-4H2,1H3,(H,16,17)(H,18,19). The van der Waals surface area contributed by atoms with E-state index in [0.29, 0.717) is 15.1 Å². The van der Waals surface area contributed by atoms with Crippen LogP contribution in [0, 0.1) is 5.92 Å². The van der Waals surface area contributed by atoms with Gasteiger partial charge in [-0.15, -0.1) is 0 Å². The molecule has 0 spiro atoms. The van der Waals surface area contributed by atoms with Crippen molar-refractivity contribution in [2.24, 2.45) is 5.92 Å². The Morgan fingerprint density at radius 2 is 2.11 bits per heavy atom. The van der Waals surface area contributed by atoms with Crippen molar-refractivity contribution in [3.63, 3.8) is 0 Å². The average Bonchev–Trinajstić information content (AvgIpc) is 3.16. The Morgan fingerprint density at radius 1 is 1.47 bits per heavy atom. The van der Waals surface area contributed by atoms with Gasteiger partial charge in [-0.2, -0.15) is 0 Å². The van der Waals surface area contributed by atoms with E-state index in [-0.39, 0.29) is 5.92 Å². The van der Waals surface area contributed by atoms with E-state index < -0.39 is 17.4 Å². The normalized spacial score (nSPS) is 17.6. The summed E-state index contributed by atoms with van der Waals surface area (Å²) in [4.78, 5) is 23.5. The zero-order chi connectivity index (χ0) is 14.2. The van der Waals surface area contributed by atoms with E-state index in [9.17, 15) is 14.7 Å². The minimum Gasteiger partial charge on any atom is -0.480 e. The molecule has 4 nitrogen and oxygen atoms in total. The Bertz CT molecular complexity index is 545. The molecule has 2 rings (SSSR count). The van der Waals surface area contributed by atoms with Gasteiger partial charge in [0, 0.05) is 10.0 Å². The van der Waals surface area contributed by atoms with Gasteiger partial charge in [-0.3, -0.25) is 4.79 Å². The molecule has 1 aliphatic carbocycles. The summed E-state index contributed by atoms with van der Waals surface area (Å²) in [5, 5.41) is 12.4. The molecule has 1 atom stereocenters. The van der Waals surface area contributed by atoms with Crippen molar-refractivity contribution >= 4 is 39.4 Å². The number of carboxylic acids is 1. The van der Waals surface area contributed by atoms with Gasteiger partial charge < -0.3 is 10.4 Å². The number of nitrogens with one attached hydrogen (secondary N) is 1. The maximum Gasteiger partial charge on any atom is 0.329 e. The molecule has 1 saturated carbocycles. The Hall–Kier alpha value is -1.07. The number of halogens is 2. The molecular formula is C13H13BrClNO3. The highest BCUT2D eigenvalue weighted by Crippen LogP contribution is 2.40. The third-order valence-electron chi connectivity index (χ3n) is 3.39. The minimum absolute atomic E-state index is 0.00434. The summed E-state index contributed by atoms with van der Waals surface area (Å²) in [5.74, 6) is -1.41. The lowest BCUT2D eigenvalue weighted by atomic mass is 9.95. The van der Waals surface area contributed by atoms with Gasteiger partial charge in [-0.1, -0.05) is 11.6 Å². The van der Waals surface area contributed by atoms with Crippen LogP contribution in [-0.2, 0) is 4.79 Å². The fraction of sp³-hybridized carbons (Fsp3) is 0.385. The van der Waals surface area contributed by atoms with Crippen molar-refractivity contribution in [2.75, 3.05) is 0 Å². The number of rotatable bonds is 4. The predicted octanol–water partition coefficient (Wildman–Crippen LogP) is 3.09. The molecule has 1 fully saturated rings. The third-order valence-corrected chi connectivity index (χ3v) is 4.61. The molecule has 0 heterocycles. The molecule has 19 heavy (non-hydrogen) atoms. The quantitative estimate of drug-likeness (QED) is 0.880. The van der Waals surface area contributed by atoms with Crippen LogP contribution in [0.1, 0.15) is 30.1 Å². The van der Waals surface area contributed by atoms with Gasteiger partial charge in [-0.25, -0.2) is 4.79 Å². The highest BCUT2D eigenvalue weighted by atomic mass is 79.9. The monoisotopic (exact) mass is 345 g/mol. The summed E-state index contributed by atoms with van der Waals surface area (Å²) in [6.07, 6.45) is 1.65. The fourth-order valence-corrected chi connectivity index (χ4v) is 2.43. The number of carbonyl (C=O) groups is 2. The summed E-state index contributed by atoms with van der Waals surface area (Å²) in [6.45, 7) is 1.55. The van der Waals surface area contributed by atoms with Crippen molar-refractivity contribution in [1.82, 2.24) is 5.32 Å². The Morgan fingerprint density at radius 3 is 2.58 bits per heavy atom. The van der Waals surface area contributed by atoms with Gasteiger partial charge in [0.05, 0.1) is 5.02 Å². The van der Waals surface area contributed by atoms with Crippen molar-refractivity contribution < 1.29 is 14.7 Å². The summed E-state index contributed by atoms with van der Waals surface area (Å²) in [6, 6.07) is 4.74. The van der Waals surface area contributed by atoms with E-state index in [2.05, 4.69) is 21.2 Å². The van der Waals surface area contributed by atoms with Crippen molar-refractivity contribution in [3.8, 4) is 0 Å². The first-order chi connectivity index (χ1) is 8.84. The van der Waals surface area contributed by atoms with E-state index in [1.165, 1.54) is 0 Å². The molecule has 1 aliphatic rings. The van der Waals surface area contributed by atoms with Crippen LogP contribution in [0.5, 0.6) is 0 Å². The molecule has 1 unspecified atom stereocenters. The van der Waals surface area contributed by atoms with Crippen LogP contribution >= 0.6 is 27.5 Å². The topological polar surface area (TPSA) is 66.4 Å². The number of aliphatic carboxylic acids is 1. The molecule has 0 radical (unpaired) electrons. The maximum atomic E-state index is 12.1. The van der Waals surface area contributed by atoms with Crippen LogP contribution in [0.3, 0.4) is 0 Å². The van der Waals surface area contributed by atoms with E-state index in [0.717, 1.165) is 12.8 Å². The largest absolute Gasteiger partial charge is 0.480 e. The Kier molecular flexibility index (Phi) is 3.87. The van der Waals surface area contributed by atoms with Gasteiger partial charge >= 0.3 is 5.97 Å². The first kappa shape index (κ1) is 14.3. The van der Waals surface area contributed by atoms with E-state index in [4.69, 9.17) is 11.6 Å². The lowest BCUT2D eigenvalue weighted by Gasteiger charge is -2.26. The zero-order valence-electron chi connectivity index (χ0n) is 10.2. The number of benzene rings is 1. The summed E-state index contributed by atoms with van der Waals surface area (Å²) >= 11 is 9.09. The maximum absolute atomic E-state index is 12.1. The van der Waals surface area contributed by atoms with Crippen LogP contribution < -0.4 is 5.32 Å².